The molecule has 0 aliphatic carbocycles. The summed E-state index contributed by atoms with van der Waals surface area (Å²) in [7, 11) is 0. The maximum absolute atomic E-state index is 10.4. The van der Waals surface area contributed by atoms with E-state index in [9.17, 15) is 9.59 Å². The highest BCUT2D eigenvalue weighted by Crippen LogP contribution is 1.78. The second kappa shape index (κ2) is 6.83. The Bertz CT molecular complexity index is 274. The molecule has 0 rings (SSSR count). The van der Waals surface area contributed by atoms with E-state index < -0.39 is 5.97 Å². The number of hydrogen-bond donors (Lipinski definition) is 1. The van der Waals surface area contributed by atoms with Crippen LogP contribution in [-0.2, 0) is 9.59 Å². The van der Waals surface area contributed by atoms with Gasteiger partial charge in [0.1, 0.15) is 0 Å². The molecule has 0 aliphatic heterocycles. The third kappa shape index (κ3) is 10.1. The molecule has 0 fully saturated rings. The van der Waals surface area contributed by atoms with Crippen LogP contribution in [0.1, 0.15) is 6.92 Å². The topological polar surface area (TPSA) is 54.4 Å². The predicted octanol–water partition coefficient (Wildman–Crippen LogP) is 1.48. The fourth-order valence-corrected chi connectivity index (χ4v) is 0.481. The molecule has 0 saturated carbocycles. The quantitative estimate of drug-likeness (QED) is 0.403. The monoisotopic (exact) mass is 178 g/mol. The molecule has 0 unspecified atom stereocenters. The zero-order chi connectivity index (χ0) is 10.1. The number of carbonyl (C=O) groups excluding carboxylic acids is 1. The molecule has 0 bridgehead atoms. The van der Waals surface area contributed by atoms with E-state index in [0.29, 0.717) is 0 Å². The molecule has 0 aromatic carbocycles. The highest BCUT2D eigenvalue weighted by Gasteiger charge is 1.79. The van der Waals surface area contributed by atoms with Crippen LogP contribution in [0.3, 0.4) is 0 Å². The van der Waals surface area contributed by atoms with Crippen LogP contribution in [0.5, 0.6) is 0 Å². The van der Waals surface area contributed by atoms with Gasteiger partial charge >= 0.3 is 5.97 Å². The molecule has 0 heterocycles. The Morgan fingerprint density at radius 2 is 1.69 bits per heavy atom. The molecule has 0 amide bonds. The minimum Gasteiger partial charge on any atom is -0.478 e. The molecule has 0 spiro atoms. The molecule has 0 radical (unpaired) electrons. The number of hydrogen-bond acceptors (Lipinski definition) is 2. The van der Waals surface area contributed by atoms with Crippen LogP contribution in [0, 0.1) is 0 Å². The van der Waals surface area contributed by atoms with E-state index in [0.717, 1.165) is 6.08 Å². The zero-order valence-electron chi connectivity index (χ0n) is 7.23. The second-order valence-corrected chi connectivity index (χ2v) is 2.17. The van der Waals surface area contributed by atoms with Crippen molar-refractivity contribution in [3.63, 3.8) is 0 Å². The van der Waals surface area contributed by atoms with Crippen molar-refractivity contribution in [2.75, 3.05) is 0 Å². The summed E-state index contributed by atoms with van der Waals surface area (Å²) < 4.78 is 0. The normalized spacial score (nSPS) is 9.92. The Kier molecular flexibility index (Phi) is 5.85. The lowest BCUT2D eigenvalue weighted by Gasteiger charge is -1.73. The van der Waals surface area contributed by atoms with Gasteiger partial charge in [0.25, 0.3) is 0 Å². The second-order valence-electron chi connectivity index (χ2n) is 2.17. The van der Waals surface area contributed by atoms with Gasteiger partial charge in [0, 0.05) is 6.08 Å². The first-order chi connectivity index (χ1) is 6.13. The van der Waals surface area contributed by atoms with Gasteiger partial charge in [-0.05, 0) is 31.2 Å². The average Bonchev–Trinajstić information content (AvgIpc) is 2.01. The lowest BCUT2D eigenvalue weighted by atomic mass is 10.4. The van der Waals surface area contributed by atoms with Crippen LogP contribution in [0.25, 0.3) is 0 Å². The molecule has 1 N–H and O–H groups in total. The van der Waals surface area contributed by atoms with Crippen molar-refractivity contribution >= 4 is 11.8 Å². The average molecular weight is 178 g/mol. The number of carboxylic acids is 1. The fraction of sp³-hybridized carbons (Fsp3) is 0.100. The van der Waals surface area contributed by atoms with Crippen molar-refractivity contribution in [3.05, 3.63) is 42.2 Å². The first-order valence-corrected chi connectivity index (χ1v) is 3.62. The van der Waals surface area contributed by atoms with Crippen molar-refractivity contribution < 1.29 is 14.7 Å². The number of ketones is 1. The standard InChI is InChI=1S/C10H10O3/c1-9(11)7-5-3-2-4-6-8-10(12)13/h3-8H,1H3,(H,12,13)/b7-5-,8-6-. The highest BCUT2D eigenvalue weighted by molar-refractivity contribution is 5.87. The SMILES string of the molecule is CC(=O)/C=C\C=C=C/C=C\C(=O)O. The van der Waals surface area contributed by atoms with Gasteiger partial charge < -0.3 is 5.11 Å². The van der Waals surface area contributed by atoms with Gasteiger partial charge in [-0.25, -0.2) is 4.79 Å². The van der Waals surface area contributed by atoms with E-state index in [1.807, 2.05) is 0 Å². The van der Waals surface area contributed by atoms with Crippen molar-refractivity contribution in [2.24, 2.45) is 0 Å². The van der Waals surface area contributed by atoms with Crippen LogP contribution in [-0.4, -0.2) is 16.9 Å². The maximum atomic E-state index is 10.4. The van der Waals surface area contributed by atoms with Crippen LogP contribution in [0.15, 0.2) is 42.2 Å². The minimum atomic E-state index is -1.00. The number of rotatable bonds is 4. The van der Waals surface area contributed by atoms with Crippen LogP contribution in [0.4, 0.5) is 0 Å². The Labute approximate surface area is 76.4 Å². The molecule has 13 heavy (non-hydrogen) atoms. The Hall–Kier alpha value is -1.86. The first kappa shape index (κ1) is 11.1. The lowest BCUT2D eigenvalue weighted by Crippen LogP contribution is -1.83. The van der Waals surface area contributed by atoms with E-state index in [-0.39, 0.29) is 5.78 Å². The first-order valence-electron chi connectivity index (χ1n) is 3.62. The molecule has 0 aromatic rings. The third-order valence-electron chi connectivity index (χ3n) is 0.955. The van der Waals surface area contributed by atoms with E-state index >= 15 is 0 Å². The largest absolute Gasteiger partial charge is 0.478 e. The zero-order valence-corrected chi connectivity index (χ0v) is 7.23. The van der Waals surface area contributed by atoms with Gasteiger partial charge in [-0.2, -0.15) is 0 Å². The van der Waals surface area contributed by atoms with Gasteiger partial charge in [0.15, 0.2) is 5.78 Å². The van der Waals surface area contributed by atoms with Crippen LogP contribution < -0.4 is 0 Å². The molecular formula is C10H10O3. The summed E-state index contributed by atoms with van der Waals surface area (Å²) in [5.41, 5.74) is 2.66. The Morgan fingerprint density at radius 1 is 1.15 bits per heavy atom. The third-order valence-corrected chi connectivity index (χ3v) is 0.955. The van der Waals surface area contributed by atoms with E-state index in [4.69, 9.17) is 5.11 Å². The lowest BCUT2D eigenvalue weighted by molar-refractivity contribution is -0.131. The molecule has 3 nitrogen and oxygen atoms in total. The Morgan fingerprint density at radius 3 is 2.15 bits per heavy atom. The van der Waals surface area contributed by atoms with Gasteiger partial charge in [-0.15, -0.1) is 5.73 Å². The summed E-state index contributed by atoms with van der Waals surface area (Å²) >= 11 is 0. The van der Waals surface area contributed by atoms with Crippen molar-refractivity contribution in [2.45, 2.75) is 6.92 Å². The summed E-state index contributed by atoms with van der Waals surface area (Å²) in [5.74, 6) is -1.04. The summed E-state index contributed by atoms with van der Waals surface area (Å²) in [4.78, 5) is 20.4. The van der Waals surface area contributed by atoms with Crippen molar-refractivity contribution in [3.8, 4) is 0 Å². The molecule has 0 aliphatic rings. The predicted molar refractivity (Wildman–Crippen MR) is 49.2 cm³/mol. The number of carbonyl (C=O) groups is 2. The van der Waals surface area contributed by atoms with Crippen LogP contribution >= 0.6 is 0 Å². The van der Waals surface area contributed by atoms with Crippen LogP contribution in [0.2, 0.25) is 0 Å². The van der Waals surface area contributed by atoms with E-state index in [1.54, 1.807) is 0 Å². The highest BCUT2D eigenvalue weighted by atomic mass is 16.4. The summed E-state index contributed by atoms with van der Waals surface area (Å²) in [5, 5.41) is 8.19. The maximum Gasteiger partial charge on any atom is 0.328 e. The number of aliphatic carboxylic acids is 1. The number of carboxylic acid groups (broad SMARTS) is 1. The molecule has 0 saturated heterocycles. The summed E-state index contributed by atoms with van der Waals surface area (Å²) in [6.07, 6.45) is 8.23. The fourth-order valence-electron chi connectivity index (χ4n) is 0.481. The molecule has 0 aromatic heterocycles. The number of allylic oxidation sites excluding steroid dienone is 4. The smallest absolute Gasteiger partial charge is 0.328 e. The van der Waals surface area contributed by atoms with Gasteiger partial charge in [-0.3, -0.25) is 4.79 Å². The van der Waals surface area contributed by atoms with Gasteiger partial charge in [0.2, 0.25) is 0 Å². The molecule has 68 valence electrons. The van der Waals surface area contributed by atoms with E-state index in [2.05, 4.69) is 5.73 Å². The van der Waals surface area contributed by atoms with Crippen molar-refractivity contribution in [1.29, 1.82) is 0 Å². The van der Waals surface area contributed by atoms with E-state index in [1.165, 1.54) is 37.3 Å². The minimum absolute atomic E-state index is 0.0425. The van der Waals surface area contributed by atoms with Gasteiger partial charge in [0.05, 0.1) is 0 Å². The molecule has 3 heteroatoms. The Balaban J connectivity index is 3.98. The van der Waals surface area contributed by atoms with Crippen molar-refractivity contribution in [1.82, 2.24) is 0 Å². The van der Waals surface area contributed by atoms with Gasteiger partial charge in [-0.1, -0.05) is 6.08 Å². The summed E-state index contributed by atoms with van der Waals surface area (Å²) in [6.45, 7) is 1.44. The molecule has 0 atom stereocenters. The molecular weight excluding hydrogens is 168 g/mol. The summed E-state index contributed by atoms with van der Waals surface area (Å²) in [6, 6.07) is 0.